The monoisotopic (exact) mass is 456 g/mol. The molecule has 4 rings (SSSR count). The summed E-state index contributed by atoms with van der Waals surface area (Å²) in [5.41, 5.74) is 1.85. The van der Waals surface area contributed by atoms with Crippen molar-refractivity contribution in [3.05, 3.63) is 35.5 Å². The first kappa shape index (κ1) is 23.7. The van der Waals surface area contributed by atoms with Gasteiger partial charge in [-0.15, -0.1) is 0 Å². The van der Waals surface area contributed by atoms with Gasteiger partial charge in [-0.3, -0.25) is 19.4 Å². The molecule has 0 N–H and O–H groups in total. The number of benzene rings is 1. The van der Waals surface area contributed by atoms with Gasteiger partial charge in [-0.25, -0.2) is 0 Å². The van der Waals surface area contributed by atoms with E-state index in [2.05, 4.69) is 28.5 Å². The number of ether oxygens (including phenoxy) is 2. The summed E-state index contributed by atoms with van der Waals surface area (Å²) in [5, 5.41) is 0. The first-order chi connectivity index (χ1) is 16.1. The molecule has 2 fully saturated rings. The number of morpholine rings is 1. The lowest BCUT2D eigenvalue weighted by atomic mass is 10.0. The van der Waals surface area contributed by atoms with E-state index >= 15 is 0 Å². The van der Waals surface area contributed by atoms with Gasteiger partial charge in [-0.05, 0) is 30.7 Å². The van der Waals surface area contributed by atoms with Gasteiger partial charge in [-0.2, -0.15) is 0 Å². The van der Waals surface area contributed by atoms with Crippen molar-refractivity contribution >= 4 is 17.4 Å². The van der Waals surface area contributed by atoms with Gasteiger partial charge < -0.3 is 19.3 Å². The summed E-state index contributed by atoms with van der Waals surface area (Å²) in [6.07, 6.45) is 0.936. The summed E-state index contributed by atoms with van der Waals surface area (Å²) in [7, 11) is 0. The van der Waals surface area contributed by atoms with Crippen molar-refractivity contribution in [2.45, 2.75) is 20.3 Å². The molecule has 0 spiro atoms. The molecule has 2 amide bonds. The Morgan fingerprint density at radius 2 is 1.55 bits per heavy atom. The number of carbonyl (C=O) groups is 2. The second-order valence-corrected chi connectivity index (χ2v) is 8.73. The number of likely N-dealkylation sites (N-methyl/N-ethyl adjacent to an activating group) is 1. The van der Waals surface area contributed by atoms with Crippen molar-refractivity contribution in [1.82, 2.24) is 19.6 Å². The first-order valence-corrected chi connectivity index (χ1v) is 12.2. The van der Waals surface area contributed by atoms with E-state index in [0.717, 1.165) is 63.5 Å². The zero-order chi connectivity index (χ0) is 23.2. The Morgan fingerprint density at radius 1 is 0.848 bits per heavy atom. The Morgan fingerprint density at radius 3 is 2.18 bits per heavy atom. The van der Waals surface area contributed by atoms with Gasteiger partial charge in [0.05, 0.1) is 25.4 Å². The van der Waals surface area contributed by atoms with Gasteiger partial charge in [0.15, 0.2) is 0 Å². The maximum atomic E-state index is 13.6. The molecule has 180 valence electrons. The second-order valence-electron chi connectivity index (χ2n) is 8.73. The molecule has 8 nitrogen and oxygen atoms in total. The summed E-state index contributed by atoms with van der Waals surface area (Å²) in [6, 6.07) is 7.58. The first-order valence-electron chi connectivity index (χ1n) is 12.2. The summed E-state index contributed by atoms with van der Waals surface area (Å²) >= 11 is 0. The third-order valence-corrected chi connectivity index (χ3v) is 6.64. The van der Waals surface area contributed by atoms with E-state index in [1.165, 1.54) is 4.90 Å². The van der Waals surface area contributed by atoms with Crippen molar-refractivity contribution in [3.8, 4) is 5.75 Å². The number of nitrogens with zero attached hydrogens (tertiary/aromatic N) is 4. The molecule has 33 heavy (non-hydrogen) atoms. The third kappa shape index (κ3) is 5.39. The summed E-state index contributed by atoms with van der Waals surface area (Å²) in [6.45, 7) is 13.3. The van der Waals surface area contributed by atoms with Crippen molar-refractivity contribution in [2.24, 2.45) is 0 Å². The van der Waals surface area contributed by atoms with Gasteiger partial charge in [0.1, 0.15) is 11.4 Å². The standard InChI is InChI=1S/C25H36N4O4/c1-3-17-33-21-7-5-20(6-8-21)22-23(28-12-9-26(4-2)10-13-28)25(31)29(24(22)30)14-11-27-15-18-32-19-16-27/h5-8H,3-4,9-19H2,1-2H3. The summed E-state index contributed by atoms with van der Waals surface area (Å²) in [4.78, 5) is 35.3. The molecule has 3 aliphatic heterocycles. The van der Waals surface area contributed by atoms with Gasteiger partial charge in [0.2, 0.25) is 0 Å². The predicted octanol–water partition coefficient (Wildman–Crippen LogP) is 1.53. The highest BCUT2D eigenvalue weighted by Gasteiger charge is 2.42. The zero-order valence-electron chi connectivity index (χ0n) is 19.9. The Kier molecular flexibility index (Phi) is 8.01. The number of hydrogen-bond donors (Lipinski definition) is 0. The minimum Gasteiger partial charge on any atom is -0.494 e. The molecule has 1 aromatic carbocycles. The fourth-order valence-corrected chi connectivity index (χ4v) is 4.61. The fourth-order valence-electron chi connectivity index (χ4n) is 4.61. The van der Waals surface area contributed by atoms with Crippen LogP contribution >= 0.6 is 0 Å². The Balaban J connectivity index is 1.57. The van der Waals surface area contributed by atoms with E-state index in [4.69, 9.17) is 9.47 Å². The van der Waals surface area contributed by atoms with Crippen LogP contribution in [0.4, 0.5) is 0 Å². The summed E-state index contributed by atoms with van der Waals surface area (Å²) in [5.74, 6) is 0.420. The normalized spacial score (nSPS) is 20.8. The number of piperazine rings is 1. The minimum absolute atomic E-state index is 0.167. The average molecular weight is 457 g/mol. The highest BCUT2D eigenvalue weighted by atomic mass is 16.5. The smallest absolute Gasteiger partial charge is 0.277 e. The molecule has 1 aromatic rings. The van der Waals surface area contributed by atoms with E-state index < -0.39 is 0 Å². The van der Waals surface area contributed by atoms with Crippen LogP contribution in [0.3, 0.4) is 0 Å². The van der Waals surface area contributed by atoms with Gasteiger partial charge >= 0.3 is 0 Å². The van der Waals surface area contributed by atoms with Crippen LogP contribution in [0.1, 0.15) is 25.8 Å². The molecule has 0 atom stereocenters. The van der Waals surface area contributed by atoms with Crippen LogP contribution in [-0.4, -0.2) is 110 Å². The van der Waals surface area contributed by atoms with Crippen molar-refractivity contribution in [2.75, 3.05) is 78.7 Å². The minimum atomic E-state index is -0.191. The predicted molar refractivity (Wildman–Crippen MR) is 127 cm³/mol. The van der Waals surface area contributed by atoms with Crippen LogP contribution in [0, 0.1) is 0 Å². The molecule has 3 heterocycles. The quantitative estimate of drug-likeness (QED) is 0.522. The van der Waals surface area contributed by atoms with E-state index in [1.807, 2.05) is 24.3 Å². The maximum absolute atomic E-state index is 13.6. The van der Waals surface area contributed by atoms with Gasteiger partial charge in [0.25, 0.3) is 11.8 Å². The molecule has 8 heteroatoms. The van der Waals surface area contributed by atoms with Crippen LogP contribution < -0.4 is 4.74 Å². The second kappa shape index (κ2) is 11.1. The topological polar surface area (TPSA) is 65.6 Å². The molecule has 0 aromatic heterocycles. The Hall–Kier alpha value is -2.42. The molecule has 2 saturated heterocycles. The third-order valence-electron chi connectivity index (χ3n) is 6.64. The van der Waals surface area contributed by atoms with Crippen LogP contribution in [0.5, 0.6) is 5.75 Å². The van der Waals surface area contributed by atoms with Crippen LogP contribution in [0.25, 0.3) is 5.57 Å². The van der Waals surface area contributed by atoms with Crippen LogP contribution in [-0.2, 0) is 14.3 Å². The molecular weight excluding hydrogens is 420 g/mol. The number of rotatable bonds is 9. The molecule has 0 radical (unpaired) electrons. The van der Waals surface area contributed by atoms with Gasteiger partial charge in [-0.1, -0.05) is 26.0 Å². The van der Waals surface area contributed by atoms with E-state index in [-0.39, 0.29) is 11.8 Å². The highest BCUT2D eigenvalue weighted by molar-refractivity contribution is 6.35. The molecule has 0 unspecified atom stereocenters. The molecule has 3 aliphatic rings. The molecule has 0 aliphatic carbocycles. The number of imide groups is 1. The average Bonchev–Trinajstić information content (AvgIpc) is 3.11. The SMILES string of the molecule is CCCOc1ccc(C2=C(N3CCN(CC)CC3)C(=O)N(CCN3CCOCC3)C2=O)cc1. The lowest BCUT2D eigenvalue weighted by Gasteiger charge is -2.36. The Bertz CT molecular complexity index is 856. The Labute approximate surface area is 196 Å². The van der Waals surface area contributed by atoms with Crippen LogP contribution in [0.15, 0.2) is 30.0 Å². The number of hydrogen-bond acceptors (Lipinski definition) is 7. The lowest BCUT2D eigenvalue weighted by Crippen LogP contribution is -2.48. The van der Waals surface area contributed by atoms with E-state index in [1.54, 1.807) is 0 Å². The number of carbonyl (C=O) groups excluding carboxylic acids is 2. The highest BCUT2D eigenvalue weighted by Crippen LogP contribution is 2.33. The van der Waals surface area contributed by atoms with Crippen molar-refractivity contribution in [3.63, 3.8) is 0 Å². The molecule has 0 bridgehead atoms. The van der Waals surface area contributed by atoms with E-state index in [9.17, 15) is 9.59 Å². The zero-order valence-corrected chi connectivity index (χ0v) is 19.9. The van der Waals surface area contributed by atoms with Crippen molar-refractivity contribution in [1.29, 1.82) is 0 Å². The largest absolute Gasteiger partial charge is 0.494 e. The summed E-state index contributed by atoms with van der Waals surface area (Å²) < 4.78 is 11.1. The lowest BCUT2D eigenvalue weighted by molar-refractivity contribution is -0.138. The number of amides is 2. The van der Waals surface area contributed by atoms with Gasteiger partial charge in [0, 0.05) is 52.4 Å². The fraction of sp³-hybridized carbons (Fsp3) is 0.600. The van der Waals surface area contributed by atoms with Crippen molar-refractivity contribution < 1.29 is 19.1 Å². The molecular formula is C25H36N4O4. The maximum Gasteiger partial charge on any atom is 0.277 e. The molecule has 0 saturated carbocycles. The van der Waals surface area contributed by atoms with E-state index in [0.29, 0.717) is 44.2 Å². The van der Waals surface area contributed by atoms with Crippen LogP contribution in [0.2, 0.25) is 0 Å².